The van der Waals surface area contributed by atoms with Gasteiger partial charge in [0, 0.05) is 30.1 Å². The quantitative estimate of drug-likeness (QED) is 0.752. The molecule has 1 aromatic carbocycles. The van der Waals surface area contributed by atoms with E-state index in [1.165, 1.54) is 0 Å². The van der Waals surface area contributed by atoms with E-state index in [0.717, 1.165) is 34.6 Å². The van der Waals surface area contributed by atoms with Gasteiger partial charge in [-0.1, -0.05) is 23.3 Å². The van der Waals surface area contributed by atoms with Crippen LogP contribution < -0.4 is 10.1 Å². The second-order valence-electron chi connectivity index (χ2n) is 6.95. The molecule has 2 aromatic heterocycles. The molecule has 3 aromatic rings. The number of nitrogens with zero attached hydrogens (tertiary/aromatic N) is 5. The number of carbonyl (C=O) groups is 1. The molecule has 2 aliphatic rings. The summed E-state index contributed by atoms with van der Waals surface area (Å²) in [6, 6.07) is 11.3. The van der Waals surface area contributed by atoms with Gasteiger partial charge >= 0.3 is 0 Å². The second kappa shape index (κ2) is 6.56. The van der Waals surface area contributed by atoms with Crippen LogP contribution in [0.3, 0.4) is 0 Å². The summed E-state index contributed by atoms with van der Waals surface area (Å²) in [5.41, 5.74) is 3.61. The van der Waals surface area contributed by atoms with Crippen molar-refractivity contribution >= 4 is 11.7 Å². The highest BCUT2D eigenvalue weighted by Crippen LogP contribution is 2.43. The van der Waals surface area contributed by atoms with Crippen LogP contribution in [0.2, 0.25) is 0 Å². The smallest absolute Gasteiger partial charge is 0.248 e. The Bertz CT molecular complexity index is 1060. The van der Waals surface area contributed by atoms with Crippen molar-refractivity contribution in [1.29, 1.82) is 0 Å². The molecule has 0 amide bonds. The van der Waals surface area contributed by atoms with Gasteiger partial charge in [-0.3, -0.25) is 9.78 Å². The summed E-state index contributed by atoms with van der Waals surface area (Å²) >= 11 is 0. The molecule has 5 rings (SSSR count). The molecular formula is C20H18N6O2. The summed E-state index contributed by atoms with van der Waals surface area (Å²) < 4.78 is 6.89. The van der Waals surface area contributed by atoms with E-state index in [1.807, 2.05) is 36.4 Å². The van der Waals surface area contributed by atoms with Gasteiger partial charge in [-0.05, 0) is 52.1 Å². The summed E-state index contributed by atoms with van der Waals surface area (Å²) in [6.45, 7) is 0. The van der Waals surface area contributed by atoms with Gasteiger partial charge in [-0.15, -0.1) is 0 Å². The van der Waals surface area contributed by atoms with E-state index in [-0.39, 0.29) is 17.7 Å². The van der Waals surface area contributed by atoms with Crippen LogP contribution in [0.5, 0.6) is 5.75 Å². The maximum absolute atomic E-state index is 13.2. The number of fused-ring (bicyclic) bond motifs is 1. The molecule has 0 bridgehead atoms. The van der Waals surface area contributed by atoms with E-state index in [2.05, 4.69) is 25.8 Å². The van der Waals surface area contributed by atoms with Gasteiger partial charge < -0.3 is 10.1 Å². The number of aromatic nitrogens is 5. The number of Topliss-reactive ketones (excluding diaryl/α,β-unsaturated/α-hetero) is 1. The summed E-state index contributed by atoms with van der Waals surface area (Å²) in [4.78, 5) is 17.4. The van der Waals surface area contributed by atoms with E-state index in [0.29, 0.717) is 12.4 Å². The number of anilines is 1. The molecule has 2 atom stereocenters. The zero-order valence-electron chi connectivity index (χ0n) is 15.2. The first kappa shape index (κ1) is 16.6. The van der Waals surface area contributed by atoms with Crippen molar-refractivity contribution in [1.82, 2.24) is 25.2 Å². The summed E-state index contributed by atoms with van der Waals surface area (Å²) in [7, 11) is 1.64. The molecule has 1 aliphatic heterocycles. The number of pyridine rings is 1. The van der Waals surface area contributed by atoms with Crippen molar-refractivity contribution < 1.29 is 9.53 Å². The average Bonchev–Trinajstić information content (AvgIpc) is 3.21. The Hall–Kier alpha value is -3.55. The lowest BCUT2D eigenvalue weighted by Gasteiger charge is -2.34. The summed E-state index contributed by atoms with van der Waals surface area (Å²) in [5, 5.41) is 15.2. The molecule has 140 valence electrons. The third-order valence-electron chi connectivity index (χ3n) is 5.37. The fourth-order valence-electron chi connectivity index (χ4n) is 4.03. The van der Waals surface area contributed by atoms with E-state index < -0.39 is 0 Å². The zero-order chi connectivity index (χ0) is 19.1. The van der Waals surface area contributed by atoms with Crippen molar-refractivity contribution in [2.45, 2.75) is 24.8 Å². The predicted molar refractivity (Wildman–Crippen MR) is 101 cm³/mol. The maximum Gasteiger partial charge on any atom is 0.248 e. The van der Waals surface area contributed by atoms with Crippen molar-refractivity contribution in [3.8, 4) is 5.75 Å². The van der Waals surface area contributed by atoms with Gasteiger partial charge in [0.2, 0.25) is 5.95 Å². The number of benzene rings is 1. The normalized spacial score (nSPS) is 21.0. The first-order valence-corrected chi connectivity index (χ1v) is 9.09. The third-order valence-corrected chi connectivity index (χ3v) is 5.37. The average molecular weight is 374 g/mol. The SMILES string of the molecule is COc1ccc([C@H]2CC(=O)C3=C(C2)Nc2nnnn2[C@H]3c2cccnc2)cc1. The molecule has 0 radical (unpaired) electrons. The minimum Gasteiger partial charge on any atom is -0.497 e. The minimum absolute atomic E-state index is 0.0987. The highest BCUT2D eigenvalue weighted by atomic mass is 16.5. The number of hydrogen-bond donors (Lipinski definition) is 1. The Labute approximate surface area is 161 Å². The Balaban J connectivity index is 1.55. The van der Waals surface area contributed by atoms with Crippen LogP contribution in [-0.2, 0) is 4.79 Å². The molecule has 28 heavy (non-hydrogen) atoms. The lowest BCUT2D eigenvalue weighted by Crippen LogP contribution is -2.33. The lowest BCUT2D eigenvalue weighted by atomic mass is 9.78. The summed E-state index contributed by atoms with van der Waals surface area (Å²) in [5.74, 6) is 1.54. The first-order chi connectivity index (χ1) is 13.7. The van der Waals surface area contributed by atoms with E-state index >= 15 is 0 Å². The highest BCUT2D eigenvalue weighted by molar-refractivity contribution is 6.00. The number of rotatable bonds is 3. The van der Waals surface area contributed by atoms with Crippen LogP contribution in [0.15, 0.2) is 60.1 Å². The molecule has 0 spiro atoms. The van der Waals surface area contributed by atoms with Gasteiger partial charge in [-0.2, -0.15) is 4.68 Å². The van der Waals surface area contributed by atoms with E-state index in [1.54, 1.807) is 24.2 Å². The van der Waals surface area contributed by atoms with Gasteiger partial charge in [0.1, 0.15) is 11.8 Å². The molecule has 0 saturated carbocycles. The standard InChI is InChI=1S/C20H18N6O2/c1-28-15-6-4-12(5-7-15)14-9-16-18(17(27)10-14)19(13-3-2-8-21-11-13)26-20(22-16)23-24-25-26/h2-8,11,14,19H,9-10H2,1H3,(H,22,23,25)/t14-,19+/m1/s1. The molecule has 0 unspecified atom stereocenters. The minimum atomic E-state index is -0.362. The van der Waals surface area contributed by atoms with Crippen LogP contribution >= 0.6 is 0 Å². The number of allylic oxidation sites excluding steroid dienone is 2. The van der Waals surface area contributed by atoms with Gasteiger partial charge in [-0.25, -0.2) is 0 Å². The van der Waals surface area contributed by atoms with Crippen LogP contribution in [-0.4, -0.2) is 38.1 Å². The number of methoxy groups -OCH3 is 1. The predicted octanol–water partition coefficient (Wildman–Crippen LogP) is 2.49. The fourth-order valence-corrected chi connectivity index (χ4v) is 4.03. The highest BCUT2D eigenvalue weighted by Gasteiger charge is 2.39. The largest absolute Gasteiger partial charge is 0.497 e. The van der Waals surface area contributed by atoms with Crippen LogP contribution in [0, 0.1) is 0 Å². The Kier molecular flexibility index (Phi) is 3.89. The van der Waals surface area contributed by atoms with Crippen LogP contribution in [0.25, 0.3) is 0 Å². The molecule has 8 heteroatoms. The number of hydrogen-bond acceptors (Lipinski definition) is 7. The molecular weight excluding hydrogens is 356 g/mol. The topological polar surface area (TPSA) is 94.8 Å². The van der Waals surface area contributed by atoms with Crippen LogP contribution in [0.4, 0.5) is 5.95 Å². The fraction of sp³-hybridized carbons (Fsp3) is 0.250. The molecule has 0 fully saturated rings. The number of nitrogens with one attached hydrogen (secondary N) is 1. The van der Waals surface area contributed by atoms with Gasteiger partial charge in [0.05, 0.1) is 7.11 Å². The van der Waals surface area contributed by atoms with E-state index in [4.69, 9.17) is 4.74 Å². The first-order valence-electron chi connectivity index (χ1n) is 9.09. The molecule has 3 heterocycles. The molecule has 0 saturated heterocycles. The van der Waals surface area contributed by atoms with Crippen molar-refractivity contribution in [2.24, 2.45) is 0 Å². The van der Waals surface area contributed by atoms with Crippen LogP contribution in [0.1, 0.15) is 35.9 Å². The zero-order valence-corrected chi connectivity index (χ0v) is 15.2. The molecule has 1 aliphatic carbocycles. The van der Waals surface area contributed by atoms with E-state index in [9.17, 15) is 4.79 Å². The van der Waals surface area contributed by atoms with Gasteiger partial charge in [0.25, 0.3) is 0 Å². The number of tetrazole rings is 1. The lowest BCUT2D eigenvalue weighted by molar-refractivity contribution is -0.116. The van der Waals surface area contributed by atoms with Crippen molar-refractivity contribution in [3.63, 3.8) is 0 Å². The Morgan fingerprint density at radius 3 is 2.75 bits per heavy atom. The number of ketones is 1. The van der Waals surface area contributed by atoms with Gasteiger partial charge in [0.15, 0.2) is 5.78 Å². The monoisotopic (exact) mass is 374 g/mol. The van der Waals surface area contributed by atoms with Crippen molar-refractivity contribution in [2.75, 3.05) is 12.4 Å². The third kappa shape index (κ3) is 2.65. The molecule has 1 N–H and O–H groups in total. The Morgan fingerprint density at radius 2 is 2.00 bits per heavy atom. The Morgan fingerprint density at radius 1 is 1.14 bits per heavy atom. The number of carbonyl (C=O) groups excluding carboxylic acids is 1. The molecule has 8 nitrogen and oxygen atoms in total. The summed E-state index contributed by atoms with van der Waals surface area (Å²) in [6.07, 6.45) is 4.63. The maximum atomic E-state index is 13.2. The number of ether oxygens (including phenoxy) is 1. The van der Waals surface area contributed by atoms with Crippen molar-refractivity contribution in [3.05, 3.63) is 71.2 Å². The second-order valence-corrected chi connectivity index (χ2v) is 6.95.